The molecule has 0 unspecified atom stereocenters. The molecule has 2 rings (SSSR count). The molecule has 0 spiro atoms. The molecule has 98 valence electrons. The lowest BCUT2D eigenvalue weighted by atomic mass is 10.2. The van der Waals surface area contributed by atoms with E-state index in [-0.39, 0.29) is 23.9 Å². The molecule has 0 N–H and O–H groups in total. The third-order valence-corrected chi connectivity index (χ3v) is 2.29. The molecule has 0 aliphatic rings. The van der Waals surface area contributed by atoms with Crippen molar-refractivity contribution in [3.8, 4) is 11.5 Å². The van der Waals surface area contributed by atoms with Gasteiger partial charge in [-0.1, -0.05) is 6.07 Å². The van der Waals surface area contributed by atoms with E-state index in [0.717, 1.165) is 6.26 Å². The SMILES string of the molecule is CCOC(=O)c1coc(-c2cccc([N+](=O)[O-])c2)n1. The summed E-state index contributed by atoms with van der Waals surface area (Å²) >= 11 is 0. The highest BCUT2D eigenvalue weighted by molar-refractivity contribution is 5.87. The van der Waals surface area contributed by atoms with Crippen molar-refractivity contribution in [2.45, 2.75) is 6.92 Å². The number of hydrogen-bond donors (Lipinski definition) is 0. The second-order valence-corrected chi connectivity index (χ2v) is 3.57. The van der Waals surface area contributed by atoms with E-state index in [0.29, 0.717) is 5.56 Å². The van der Waals surface area contributed by atoms with Crippen LogP contribution in [0.5, 0.6) is 0 Å². The Morgan fingerprint density at radius 1 is 1.53 bits per heavy atom. The van der Waals surface area contributed by atoms with Crippen LogP contribution in [0.4, 0.5) is 5.69 Å². The van der Waals surface area contributed by atoms with Gasteiger partial charge in [-0.15, -0.1) is 0 Å². The summed E-state index contributed by atoms with van der Waals surface area (Å²) in [6.07, 6.45) is 1.16. The number of ether oxygens (including phenoxy) is 1. The third-order valence-electron chi connectivity index (χ3n) is 2.29. The summed E-state index contributed by atoms with van der Waals surface area (Å²) in [5.41, 5.74) is 0.376. The molecule has 0 aliphatic heterocycles. The van der Waals surface area contributed by atoms with Crippen LogP contribution in [0, 0.1) is 10.1 Å². The monoisotopic (exact) mass is 262 g/mol. The van der Waals surface area contributed by atoms with Gasteiger partial charge in [-0.2, -0.15) is 0 Å². The minimum absolute atomic E-state index is 0.0309. The van der Waals surface area contributed by atoms with Crippen LogP contribution in [0.15, 0.2) is 34.9 Å². The molecule has 7 heteroatoms. The van der Waals surface area contributed by atoms with Gasteiger partial charge in [0.1, 0.15) is 6.26 Å². The van der Waals surface area contributed by atoms with Gasteiger partial charge in [-0.05, 0) is 13.0 Å². The van der Waals surface area contributed by atoms with E-state index < -0.39 is 10.9 Å². The average Bonchev–Trinajstić information content (AvgIpc) is 2.89. The standard InChI is InChI=1S/C12H10N2O5/c1-2-18-12(15)10-7-19-11(13-10)8-4-3-5-9(6-8)14(16)17/h3-7H,2H2,1H3. The molecule has 0 bridgehead atoms. The topological polar surface area (TPSA) is 95.5 Å². The Kier molecular flexibility index (Phi) is 3.56. The van der Waals surface area contributed by atoms with Crippen molar-refractivity contribution >= 4 is 11.7 Å². The number of aromatic nitrogens is 1. The zero-order valence-corrected chi connectivity index (χ0v) is 10.0. The predicted molar refractivity (Wildman–Crippen MR) is 64.5 cm³/mol. The fourth-order valence-electron chi connectivity index (χ4n) is 1.46. The van der Waals surface area contributed by atoms with Gasteiger partial charge in [-0.25, -0.2) is 9.78 Å². The number of benzene rings is 1. The van der Waals surface area contributed by atoms with Crippen molar-refractivity contribution in [2.24, 2.45) is 0 Å². The normalized spacial score (nSPS) is 10.2. The van der Waals surface area contributed by atoms with E-state index in [9.17, 15) is 14.9 Å². The summed E-state index contributed by atoms with van der Waals surface area (Å²) in [7, 11) is 0. The van der Waals surface area contributed by atoms with Crippen LogP contribution >= 0.6 is 0 Å². The number of nitrogens with zero attached hydrogens (tertiary/aromatic N) is 2. The van der Waals surface area contributed by atoms with E-state index >= 15 is 0 Å². The second kappa shape index (κ2) is 5.30. The number of nitro groups is 1. The van der Waals surface area contributed by atoms with Gasteiger partial charge in [0.25, 0.3) is 5.69 Å². The maximum atomic E-state index is 11.4. The lowest BCUT2D eigenvalue weighted by molar-refractivity contribution is -0.384. The lowest BCUT2D eigenvalue weighted by Crippen LogP contribution is -2.04. The Labute approximate surface area is 108 Å². The van der Waals surface area contributed by atoms with Crippen molar-refractivity contribution in [1.29, 1.82) is 0 Å². The second-order valence-electron chi connectivity index (χ2n) is 3.57. The summed E-state index contributed by atoms with van der Waals surface area (Å²) in [5, 5.41) is 10.7. The average molecular weight is 262 g/mol. The molecule has 1 heterocycles. The van der Waals surface area contributed by atoms with E-state index in [4.69, 9.17) is 9.15 Å². The zero-order valence-electron chi connectivity index (χ0n) is 10.0. The number of rotatable bonds is 4. The van der Waals surface area contributed by atoms with Crippen LogP contribution in [0.1, 0.15) is 17.4 Å². The van der Waals surface area contributed by atoms with Crippen molar-refractivity contribution in [1.82, 2.24) is 4.98 Å². The maximum absolute atomic E-state index is 11.4. The molecule has 2 aromatic rings. The molecule has 19 heavy (non-hydrogen) atoms. The van der Waals surface area contributed by atoms with Crippen LogP contribution in [-0.2, 0) is 4.74 Å². The number of carbonyl (C=O) groups is 1. The molecule has 0 fully saturated rings. The molecule has 1 aromatic heterocycles. The molecule has 7 nitrogen and oxygen atoms in total. The molecule has 0 amide bonds. The highest BCUT2D eigenvalue weighted by atomic mass is 16.6. The lowest BCUT2D eigenvalue weighted by Gasteiger charge is -1.96. The molecular weight excluding hydrogens is 252 g/mol. The Bertz CT molecular complexity index is 620. The molecule has 1 aromatic carbocycles. The van der Waals surface area contributed by atoms with Crippen LogP contribution < -0.4 is 0 Å². The molecule has 0 saturated heterocycles. The van der Waals surface area contributed by atoms with E-state index in [1.807, 2.05) is 0 Å². The van der Waals surface area contributed by atoms with Crippen LogP contribution in [0.25, 0.3) is 11.5 Å². The minimum atomic E-state index is -0.595. The fraction of sp³-hybridized carbons (Fsp3) is 0.167. The summed E-state index contributed by atoms with van der Waals surface area (Å²) in [6.45, 7) is 1.91. The fourth-order valence-corrected chi connectivity index (χ4v) is 1.46. The van der Waals surface area contributed by atoms with E-state index in [1.54, 1.807) is 13.0 Å². The quantitative estimate of drug-likeness (QED) is 0.477. The largest absolute Gasteiger partial charge is 0.461 e. The molecule has 0 aliphatic carbocycles. The zero-order chi connectivity index (χ0) is 13.8. The number of non-ortho nitro benzene ring substituents is 1. The van der Waals surface area contributed by atoms with E-state index in [2.05, 4.69) is 4.98 Å². The van der Waals surface area contributed by atoms with Gasteiger partial charge in [0.2, 0.25) is 5.89 Å². The first-order valence-corrected chi connectivity index (χ1v) is 5.49. The Morgan fingerprint density at radius 2 is 2.32 bits per heavy atom. The Hall–Kier alpha value is -2.70. The van der Waals surface area contributed by atoms with Crippen molar-refractivity contribution in [3.05, 3.63) is 46.3 Å². The highest BCUT2D eigenvalue weighted by Crippen LogP contribution is 2.23. The number of hydrogen-bond acceptors (Lipinski definition) is 6. The number of oxazole rings is 1. The van der Waals surface area contributed by atoms with Crippen LogP contribution in [0.2, 0.25) is 0 Å². The van der Waals surface area contributed by atoms with Gasteiger partial charge in [0, 0.05) is 17.7 Å². The van der Waals surface area contributed by atoms with Crippen molar-refractivity contribution in [2.75, 3.05) is 6.61 Å². The molecule has 0 saturated carbocycles. The first-order valence-electron chi connectivity index (χ1n) is 5.49. The minimum Gasteiger partial charge on any atom is -0.461 e. The van der Waals surface area contributed by atoms with Gasteiger partial charge >= 0.3 is 5.97 Å². The summed E-state index contributed by atoms with van der Waals surface area (Å²) < 4.78 is 9.89. The Balaban J connectivity index is 2.30. The van der Waals surface area contributed by atoms with Gasteiger partial charge in [0.15, 0.2) is 5.69 Å². The molecule has 0 radical (unpaired) electrons. The van der Waals surface area contributed by atoms with Crippen molar-refractivity contribution in [3.63, 3.8) is 0 Å². The highest BCUT2D eigenvalue weighted by Gasteiger charge is 2.15. The summed E-state index contributed by atoms with van der Waals surface area (Å²) in [4.78, 5) is 25.5. The number of nitro benzene ring substituents is 1. The molecular formula is C12H10N2O5. The Morgan fingerprint density at radius 3 is 3.00 bits per heavy atom. The van der Waals surface area contributed by atoms with Crippen molar-refractivity contribution < 1.29 is 18.9 Å². The van der Waals surface area contributed by atoms with E-state index in [1.165, 1.54) is 18.2 Å². The number of carbonyl (C=O) groups excluding carboxylic acids is 1. The van der Waals surface area contributed by atoms with Gasteiger partial charge in [0.05, 0.1) is 11.5 Å². The summed E-state index contributed by atoms with van der Waals surface area (Å²) in [6, 6.07) is 5.80. The van der Waals surface area contributed by atoms with Gasteiger partial charge in [-0.3, -0.25) is 10.1 Å². The van der Waals surface area contributed by atoms with Crippen LogP contribution in [0.3, 0.4) is 0 Å². The summed E-state index contributed by atoms with van der Waals surface area (Å²) in [5.74, 6) is -0.463. The smallest absolute Gasteiger partial charge is 0.360 e. The third kappa shape index (κ3) is 2.76. The first-order chi connectivity index (χ1) is 9.11. The van der Waals surface area contributed by atoms with Gasteiger partial charge < -0.3 is 9.15 Å². The molecule has 0 atom stereocenters. The predicted octanol–water partition coefficient (Wildman–Crippen LogP) is 2.43. The van der Waals surface area contributed by atoms with Crippen LogP contribution in [-0.4, -0.2) is 22.5 Å². The maximum Gasteiger partial charge on any atom is 0.360 e. The first kappa shape index (κ1) is 12.7. The number of esters is 1.